The molecule has 1 atom stereocenters. The molecule has 2 nitrogen and oxygen atoms in total. The molecule has 2 heteroatoms. The van der Waals surface area contributed by atoms with Crippen LogP contribution in [0.4, 0.5) is 0 Å². The smallest absolute Gasteiger partial charge is 0.220 e. The molecule has 0 aromatic heterocycles. The van der Waals surface area contributed by atoms with Crippen molar-refractivity contribution in [3.63, 3.8) is 0 Å². The van der Waals surface area contributed by atoms with Gasteiger partial charge in [-0.1, -0.05) is 32.0 Å². The fourth-order valence-corrected chi connectivity index (χ4v) is 3.24. The van der Waals surface area contributed by atoms with E-state index in [4.69, 9.17) is 0 Å². The Hall–Kier alpha value is -1.31. The molecule has 0 unspecified atom stereocenters. The Balaban J connectivity index is 2.01. The maximum Gasteiger partial charge on any atom is 0.220 e. The van der Waals surface area contributed by atoms with Crippen molar-refractivity contribution in [1.29, 1.82) is 0 Å². The lowest BCUT2D eigenvalue weighted by Gasteiger charge is -2.25. The van der Waals surface area contributed by atoms with E-state index in [2.05, 4.69) is 37.4 Å². The summed E-state index contributed by atoms with van der Waals surface area (Å²) in [5.74, 6) is 0.792. The Morgan fingerprint density at radius 1 is 1.24 bits per heavy atom. The molecule has 1 N–H and O–H groups in total. The summed E-state index contributed by atoms with van der Waals surface area (Å²) < 4.78 is 0. The highest BCUT2D eigenvalue weighted by atomic mass is 16.2. The molecule has 17 heavy (non-hydrogen) atoms. The SMILES string of the molecule is CC(C)c1ccc2c(c1)CC[C@@]21CCC(=O)N1. The molecule has 1 aliphatic heterocycles. The Bertz CT molecular complexity index is 478. The number of rotatable bonds is 1. The van der Waals surface area contributed by atoms with Gasteiger partial charge in [-0.05, 0) is 41.9 Å². The van der Waals surface area contributed by atoms with Crippen LogP contribution in [0.3, 0.4) is 0 Å². The first kappa shape index (κ1) is 10.8. The fraction of sp³-hybridized carbons (Fsp3) is 0.533. The van der Waals surface area contributed by atoms with E-state index < -0.39 is 0 Å². The molecule has 1 fully saturated rings. The van der Waals surface area contributed by atoms with Crippen LogP contribution < -0.4 is 5.32 Å². The third kappa shape index (κ3) is 1.58. The second kappa shape index (κ2) is 3.59. The Labute approximate surface area is 102 Å². The summed E-state index contributed by atoms with van der Waals surface area (Å²) in [5, 5.41) is 3.20. The van der Waals surface area contributed by atoms with Gasteiger partial charge in [-0.2, -0.15) is 0 Å². The number of benzene rings is 1. The van der Waals surface area contributed by atoms with Gasteiger partial charge in [-0.3, -0.25) is 4.79 Å². The van der Waals surface area contributed by atoms with Crippen molar-refractivity contribution in [2.24, 2.45) is 0 Å². The average molecular weight is 229 g/mol. The average Bonchev–Trinajstić information content (AvgIpc) is 2.85. The van der Waals surface area contributed by atoms with Crippen molar-refractivity contribution in [3.05, 3.63) is 34.9 Å². The molecule has 1 saturated heterocycles. The van der Waals surface area contributed by atoms with Gasteiger partial charge in [0.2, 0.25) is 5.91 Å². The van der Waals surface area contributed by atoms with Crippen LogP contribution in [0.5, 0.6) is 0 Å². The van der Waals surface area contributed by atoms with E-state index in [1.807, 2.05) is 0 Å². The molecular weight excluding hydrogens is 210 g/mol. The zero-order valence-corrected chi connectivity index (χ0v) is 10.5. The standard InChI is InChI=1S/C15H19NO/c1-10(2)11-3-4-13-12(9-11)5-7-15(13)8-6-14(17)16-15/h3-4,9-10H,5-8H2,1-2H3,(H,16,17)/t15-/m1/s1. The third-order valence-electron chi connectivity index (χ3n) is 4.29. The predicted molar refractivity (Wildman–Crippen MR) is 67.9 cm³/mol. The summed E-state index contributed by atoms with van der Waals surface area (Å²) in [6, 6.07) is 6.80. The maximum absolute atomic E-state index is 11.5. The highest BCUT2D eigenvalue weighted by molar-refractivity contribution is 5.80. The lowest BCUT2D eigenvalue weighted by molar-refractivity contribution is -0.119. The molecule has 2 aliphatic rings. The number of aryl methyl sites for hydroxylation is 1. The van der Waals surface area contributed by atoms with Gasteiger partial charge >= 0.3 is 0 Å². The first-order valence-electron chi connectivity index (χ1n) is 6.55. The van der Waals surface area contributed by atoms with Gasteiger partial charge in [0, 0.05) is 6.42 Å². The number of amides is 1. The number of fused-ring (bicyclic) bond motifs is 2. The minimum atomic E-state index is -0.0259. The molecule has 1 aromatic rings. The van der Waals surface area contributed by atoms with Gasteiger partial charge in [0.15, 0.2) is 0 Å². The predicted octanol–water partition coefficient (Wildman–Crippen LogP) is 2.86. The molecule has 90 valence electrons. The van der Waals surface area contributed by atoms with Gasteiger partial charge in [0.1, 0.15) is 0 Å². The van der Waals surface area contributed by atoms with Crippen LogP contribution >= 0.6 is 0 Å². The van der Waals surface area contributed by atoms with Gasteiger partial charge in [0.25, 0.3) is 0 Å². The van der Waals surface area contributed by atoms with Gasteiger partial charge < -0.3 is 5.32 Å². The van der Waals surface area contributed by atoms with Crippen molar-refractivity contribution < 1.29 is 4.79 Å². The molecular formula is C15H19NO. The minimum absolute atomic E-state index is 0.0259. The second-order valence-corrected chi connectivity index (χ2v) is 5.70. The second-order valence-electron chi connectivity index (χ2n) is 5.70. The number of hydrogen-bond acceptors (Lipinski definition) is 1. The highest BCUT2D eigenvalue weighted by Gasteiger charge is 2.43. The number of carbonyl (C=O) groups is 1. The Morgan fingerprint density at radius 3 is 2.65 bits per heavy atom. The van der Waals surface area contributed by atoms with Crippen LogP contribution in [0.2, 0.25) is 0 Å². The van der Waals surface area contributed by atoms with Crippen LogP contribution in [0, 0.1) is 0 Å². The first-order valence-corrected chi connectivity index (χ1v) is 6.55. The normalized spacial score (nSPS) is 26.6. The zero-order valence-electron chi connectivity index (χ0n) is 10.5. The molecule has 0 saturated carbocycles. The van der Waals surface area contributed by atoms with Crippen molar-refractivity contribution >= 4 is 5.91 Å². The topological polar surface area (TPSA) is 29.1 Å². The summed E-state index contributed by atoms with van der Waals surface area (Å²) in [4.78, 5) is 11.5. The van der Waals surface area contributed by atoms with E-state index in [1.165, 1.54) is 16.7 Å². The number of nitrogens with one attached hydrogen (secondary N) is 1. The molecule has 1 heterocycles. The summed E-state index contributed by atoms with van der Waals surface area (Å²) in [6.07, 6.45) is 3.84. The summed E-state index contributed by atoms with van der Waals surface area (Å²) in [5.41, 5.74) is 4.19. The van der Waals surface area contributed by atoms with E-state index >= 15 is 0 Å². The largest absolute Gasteiger partial charge is 0.347 e. The molecule has 0 bridgehead atoms. The lowest BCUT2D eigenvalue weighted by Crippen LogP contribution is -2.36. The monoisotopic (exact) mass is 229 g/mol. The Kier molecular flexibility index (Phi) is 2.29. The van der Waals surface area contributed by atoms with Crippen molar-refractivity contribution in [1.82, 2.24) is 5.32 Å². The lowest BCUT2D eigenvalue weighted by atomic mass is 9.89. The quantitative estimate of drug-likeness (QED) is 0.788. The molecule has 1 aromatic carbocycles. The molecule has 3 rings (SSSR count). The van der Waals surface area contributed by atoms with Gasteiger partial charge in [-0.15, -0.1) is 0 Å². The third-order valence-corrected chi connectivity index (χ3v) is 4.29. The highest BCUT2D eigenvalue weighted by Crippen LogP contribution is 2.43. The summed E-state index contributed by atoms with van der Waals surface area (Å²) in [6.45, 7) is 4.45. The van der Waals surface area contributed by atoms with Gasteiger partial charge in [-0.25, -0.2) is 0 Å². The van der Waals surface area contributed by atoms with E-state index in [9.17, 15) is 4.79 Å². The summed E-state index contributed by atoms with van der Waals surface area (Å²) >= 11 is 0. The summed E-state index contributed by atoms with van der Waals surface area (Å²) in [7, 11) is 0. The van der Waals surface area contributed by atoms with Crippen LogP contribution in [-0.2, 0) is 16.8 Å². The van der Waals surface area contributed by atoms with E-state index in [0.29, 0.717) is 12.3 Å². The fourth-order valence-electron chi connectivity index (χ4n) is 3.24. The minimum Gasteiger partial charge on any atom is -0.347 e. The maximum atomic E-state index is 11.5. The number of carbonyl (C=O) groups excluding carboxylic acids is 1. The first-order chi connectivity index (χ1) is 8.11. The van der Waals surface area contributed by atoms with E-state index in [0.717, 1.165) is 19.3 Å². The van der Waals surface area contributed by atoms with Gasteiger partial charge in [0.05, 0.1) is 5.54 Å². The van der Waals surface area contributed by atoms with Crippen molar-refractivity contribution in [2.45, 2.75) is 51.0 Å². The van der Waals surface area contributed by atoms with Crippen molar-refractivity contribution in [2.75, 3.05) is 0 Å². The van der Waals surface area contributed by atoms with E-state index in [1.54, 1.807) is 0 Å². The molecule has 1 aliphatic carbocycles. The van der Waals surface area contributed by atoms with Crippen LogP contribution in [0.25, 0.3) is 0 Å². The molecule has 0 radical (unpaired) electrons. The number of hydrogen-bond donors (Lipinski definition) is 1. The van der Waals surface area contributed by atoms with Crippen LogP contribution in [-0.4, -0.2) is 5.91 Å². The molecule has 1 spiro atoms. The van der Waals surface area contributed by atoms with Crippen LogP contribution in [0.1, 0.15) is 55.7 Å². The van der Waals surface area contributed by atoms with Crippen molar-refractivity contribution in [3.8, 4) is 0 Å². The Morgan fingerprint density at radius 2 is 2.00 bits per heavy atom. The zero-order chi connectivity index (χ0) is 12.0. The van der Waals surface area contributed by atoms with Crippen LogP contribution in [0.15, 0.2) is 18.2 Å². The molecule has 1 amide bonds. The van der Waals surface area contributed by atoms with E-state index in [-0.39, 0.29) is 11.4 Å².